The highest BCUT2D eigenvalue weighted by molar-refractivity contribution is 5.80. The second-order valence-corrected chi connectivity index (χ2v) is 4.45. The maximum Gasteiger partial charge on any atom is 0.137 e. The van der Waals surface area contributed by atoms with Crippen LogP contribution in [-0.4, -0.2) is 5.78 Å². The van der Waals surface area contributed by atoms with Gasteiger partial charge in [0.05, 0.1) is 0 Å². The standard InChI is InChI=1S/C14H20O/c1-11(2)13-9-8-12(3)6-4-5-7-14(15)10-13/h4-5,8,13H,1,6-7,9-10H2,2-3H3/b5-4-,12-8+/t13-/m1/s1. The van der Waals surface area contributed by atoms with Gasteiger partial charge in [0.2, 0.25) is 0 Å². The van der Waals surface area contributed by atoms with Crippen LogP contribution in [0.3, 0.4) is 0 Å². The minimum absolute atomic E-state index is 0.326. The fraction of sp³-hybridized carbons (Fsp3) is 0.500. The molecule has 0 fully saturated rings. The minimum Gasteiger partial charge on any atom is -0.299 e. The molecule has 15 heavy (non-hydrogen) atoms. The van der Waals surface area contributed by atoms with Crippen molar-refractivity contribution in [2.45, 2.75) is 39.5 Å². The summed E-state index contributed by atoms with van der Waals surface area (Å²) in [5.41, 5.74) is 2.50. The highest BCUT2D eigenvalue weighted by Crippen LogP contribution is 2.21. The van der Waals surface area contributed by atoms with E-state index in [1.165, 1.54) is 5.57 Å². The Bertz CT molecular complexity index is 307. The summed E-state index contributed by atoms with van der Waals surface area (Å²) in [6, 6.07) is 0. The largest absolute Gasteiger partial charge is 0.299 e. The second kappa shape index (κ2) is 5.69. The molecule has 0 aliphatic heterocycles. The van der Waals surface area contributed by atoms with Gasteiger partial charge in [0.25, 0.3) is 0 Å². The van der Waals surface area contributed by atoms with Crippen molar-refractivity contribution in [3.05, 3.63) is 36.0 Å². The average molecular weight is 204 g/mol. The van der Waals surface area contributed by atoms with E-state index in [9.17, 15) is 4.79 Å². The first-order chi connectivity index (χ1) is 7.09. The maximum absolute atomic E-state index is 11.6. The van der Waals surface area contributed by atoms with Crippen molar-refractivity contribution in [2.75, 3.05) is 0 Å². The van der Waals surface area contributed by atoms with Crippen LogP contribution in [0, 0.1) is 5.92 Å². The molecule has 0 spiro atoms. The number of hydrogen-bond acceptors (Lipinski definition) is 1. The lowest BCUT2D eigenvalue weighted by molar-refractivity contribution is -0.118. The summed E-state index contributed by atoms with van der Waals surface area (Å²) < 4.78 is 0. The zero-order valence-corrected chi connectivity index (χ0v) is 9.75. The fourth-order valence-electron chi connectivity index (χ4n) is 1.73. The molecule has 0 aromatic carbocycles. The van der Waals surface area contributed by atoms with E-state index in [-0.39, 0.29) is 0 Å². The van der Waals surface area contributed by atoms with E-state index in [1.54, 1.807) is 0 Å². The molecular weight excluding hydrogens is 184 g/mol. The van der Waals surface area contributed by atoms with Crippen LogP contribution in [-0.2, 0) is 4.79 Å². The zero-order chi connectivity index (χ0) is 11.3. The Kier molecular flexibility index (Phi) is 4.54. The summed E-state index contributed by atoms with van der Waals surface area (Å²) >= 11 is 0. The Morgan fingerprint density at radius 2 is 2.07 bits per heavy atom. The summed E-state index contributed by atoms with van der Waals surface area (Å²) in [4.78, 5) is 11.6. The Morgan fingerprint density at radius 3 is 2.73 bits per heavy atom. The molecule has 0 heterocycles. The number of carbonyl (C=O) groups is 1. The third-order valence-electron chi connectivity index (χ3n) is 2.87. The van der Waals surface area contributed by atoms with Gasteiger partial charge in [0.1, 0.15) is 5.78 Å². The van der Waals surface area contributed by atoms with Gasteiger partial charge in [-0.05, 0) is 32.6 Å². The zero-order valence-electron chi connectivity index (χ0n) is 9.75. The van der Waals surface area contributed by atoms with Gasteiger partial charge < -0.3 is 0 Å². The molecule has 0 saturated carbocycles. The van der Waals surface area contributed by atoms with Gasteiger partial charge in [-0.15, -0.1) is 0 Å². The summed E-state index contributed by atoms with van der Waals surface area (Å²) in [5, 5.41) is 0. The molecule has 0 radical (unpaired) electrons. The molecule has 1 heteroatoms. The van der Waals surface area contributed by atoms with Crippen LogP contribution in [0.4, 0.5) is 0 Å². The molecule has 1 atom stereocenters. The number of hydrogen-bond donors (Lipinski definition) is 0. The Hall–Kier alpha value is -1.11. The first-order valence-corrected chi connectivity index (χ1v) is 5.57. The predicted molar refractivity (Wildman–Crippen MR) is 64.7 cm³/mol. The van der Waals surface area contributed by atoms with Crippen molar-refractivity contribution in [2.24, 2.45) is 5.92 Å². The van der Waals surface area contributed by atoms with Crippen molar-refractivity contribution >= 4 is 5.78 Å². The first kappa shape index (κ1) is 12.0. The molecular formula is C14H20O. The van der Waals surface area contributed by atoms with Crippen LogP contribution in [0.2, 0.25) is 0 Å². The summed E-state index contributed by atoms with van der Waals surface area (Å²) in [5.74, 6) is 0.658. The topological polar surface area (TPSA) is 17.1 Å². The first-order valence-electron chi connectivity index (χ1n) is 5.57. The fourth-order valence-corrected chi connectivity index (χ4v) is 1.73. The van der Waals surface area contributed by atoms with E-state index in [4.69, 9.17) is 0 Å². The lowest BCUT2D eigenvalue weighted by Gasteiger charge is -2.15. The average Bonchev–Trinajstić information content (AvgIpc) is 2.18. The summed E-state index contributed by atoms with van der Waals surface area (Å²) in [6.07, 6.45) is 9.46. The van der Waals surface area contributed by atoms with E-state index >= 15 is 0 Å². The van der Waals surface area contributed by atoms with Crippen molar-refractivity contribution < 1.29 is 4.79 Å². The van der Waals surface area contributed by atoms with Crippen LogP contribution in [0.5, 0.6) is 0 Å². The minimum atomic E-state index is 0.326. The van der Waals surface area contributed by atoms with Gasteiger partial charge >= 0.3 is 0 Å². The lowest BCUT2D eigenvalue weighted by atomic mass is 9.90. The Morgan fingerprint density at radius 1 is 1.40 bits per heavy atom. The molecule has 0 saturated heterocycles. The Labute approximate surface area is 92.6 Å². The van der Waals surface area contributed by atoms with E-state index in [2.05, 4.69) is 25.7 Å². The summed E-state index contributed by atoms with van der Waals surface area (Å²) in [7, 11) is 0. The van der Waals surface area contributed by atoms with Crippen LogP contribution >= 0.6 is 0 Å². The Balaban J connectivity index is 2.75. The van der Waals surface area contributed by atoms with Gasteiger partial charge in [0.15, 0.2) is 0 Å². The number of rotatable bonds is 1. The number of carbonyl (C=O) groups excluding carboxylic acids is 1. The third kappa shape index (κ3) is 4.28. The highest BCUT2D eigenvalue weighted by Gasteiger charge is 2.13. The van der Waals surface area contributed by atoms with E-state index in [0.717, 1.165) is 18.4 Å². The van der Waals surface area contributed by atoms with Crippen LogP contribution in [0.15, 0.2) is 36.0 Å². The predicted octanol–water partition coefficient (Wildman–Crippen LogP) is 3.82. The van der Waals surface area contributed by atoms with Gasteiger partial charge in [-0.1, -0.05) is 36.0 Å². The number of Topliss-reactive ketones (excluding diaryl/α,β-unsaturated/α-hetero) is 1. The van der Waals surface area contributed by atoms with Gasteiger partial charge in [-0.2, -0.15) is 0 Å². The van der Waals surface area contributed by atoms with Crippen LogP contribution in [0.25, 0.3) is 0 Å². The SMILES string of the molecule is C=C(C)[C@@H]1C/C=C(\C)C/C=C\CC(=O)C1. The molecule has 0 amide bonds. The van der Waals surface area contributed by atoms with Crippen molar-refractivity contribution in [1.82, 2.24) is 0 Å². The van der Waals surface area contributed by atoms with Gasteiger partial charge in [-0.25, -0.2) is 0 Å². The van der Waals surface area contributed by atoms with Gasteiger partial charge in [-0.3, -0.25) is 4.79 Å². The third-order valence-corrected chi connectivity index (χ3v) is 2.87. The molecule has 1 nitrogen and oxygen atoms in total. The maximum atomic E-state index is 11.6. The quantitative estimate of drug-likeness (QED) is 0.593. The number of allylic oxidation sites excluding steroid dienone is 5. The smallest absolute Gasteiger partial charge is 0.137 e. The molecule has 0 bridgehead atoms. The molecule has 1 rings (SSSR count). The van der Waals surface area contributed by atoms with Crippen LogP contribution in [0.1, 0.15) is 39.5 Å². The van der Waals surface area contributed by atoms with E-state index in [1.807, 2.05) is 13.0 Å². The van der Waals surface area contributed by atoms with E-state index in [0.29, 0.717) is 24.5 Å². The molecule has 1 aliphatic carbocycles. The molecule has 82 valence electrons. The lowest BCUT2D eigenvalue weighted by Crippen LogP contribution is -2.08. The van der Waals surface area contributed by atoms with Gasteiger partial charge in [0, 0.05) is 12.8 Å². The normalized spacial score (nSPS) is 29.1. The molecule has 0 unspecified atom stereocenters. The van der Waals surface area contributed by atoms with Crippen molar-refractivity contribution in [1.29, 1.82) is 0 Å². The van der Waals surface area contributed by atoms with Crippen LogP contribution < -0.4 is 0 Å². The monoisotopic (exact) mass is 204 g/mol. The van der Waals surface area contributed by atoms with E-state index < -0.39 is 0 Å². The summed E-state index contributed by atoms with van der Waals surface area (Å²) in [6.45, 7) is 8.12. The molecule has 0 N–H and O–H groups in total. The highest BCUT2D eigenvalue weighted by atomic mass is 16.1. The van der Waals surface area contributed by atoms with Crippen molar-refractivity contribution in [3.8, 4) is 0 Å². The molecule has 0 aromatic rings. The number of ketones is 1. The molecule has 1 aliphatic rings. The second-order valence-electron chi connectivity index (χ2n) is 4.45. The molecule has 0 aromatic heterocycles. The van der Waals surface area contributed by atoms with Crippen molar-refractivity contribution in [3.63, 3.8) is 0 Å².